The Labute approximate surface area is 486 Å². The lowest BCUT2D eigenvalue weighted by Gasteiger charge is -2.35. The maximum Gasteiger partial charge on any atom is 0.246 e. The first-order valence-corrected chi connectivity index (χ1v) is 28.9. The molecular weight excluding hydrogens is 1090 g/mol. The summed E-state index contributed by atoms with van der Waals surface area (Å²) in [6, 6.07) is 18.7. The summed E-state index contributed by atoms with van der Waals surface area (Å²) in [6.07, 6.45) is 0.840. The van der Waals surface area contributed by atoms with Gasteiger partial charge in [-0.25, -0.2) is 19.3 Å². The lowest BCUT2D eigenvalue weighted by Crippen LogP contribution is -2.57. The minimum atomic E-state index is -0.937. The van der Waals surface area contributed by atoms with Crippen LogP contribution >= 0.6 is 11.3 Å². The number of benzene rings is 3. The smallest absolute Gasteiger partial charge is 0.246 e. The molecule has 2 saturated heterocycles. The van der Waals surface area contributed by atoms with Gasteiger partial charge in [-0.15, -0.1) is 11.3 Å². The molecule has 24 heteroatoms. The molecule has 0 aliphatic carbocycles. The number of H-pyrrole nitrogens is 1. The van der Waals surface area contributed by atoms with Gasteiger partial charge < -0.3 is 59.3 Å². The monoisotopic (exact) mass is 1170 g/mol. The van der Waals surface area contributed by atoms with Crippen LogP contribution in [0.3, 0.4) is 0 Å². The van der Waals surface area contributed by atoms with E-state index in [9.17, 15) is 28.7 Å². The highest BCUT2D eigenvalue weighted by molar-refractivity contribution is 7.13. The summed E-state index contributed by atoms with van der Waals surface area (Å²) in [6.45, 7) is 14.8. The number of aromatic nitrogens is 5. The fraction of sp³-hybridized carbons (Fsp3) is 0.492. The van der Waals surface area contributed by atoms with Crippen LogP contribution in [0.15, 0.2) is 78.4 Å². The van der Waals surface area contributed by atoms with E-state index in [-0.39, 0.29) is 68.3 Å². The molecule has 2 aliphatic rings. The summed E-state index contributed by atoms with van der Waals surface area (Å²) in [4.78, 5) is 73.3. The van der Waals surface area contributed by atoms with Crippen molar-refractivity contribution in [2.45, 2.75) is 65.3 Å². The van der Waals surface area contributed by atoms with E-state index in [4.69, 9.17) is 28.4 Å². The van der Waals surface area contributed by atoms with Crippen LogP contribution < -0.4 is 25.6 Å². The van der Waals surface area contributed by atoms with Gasteiger partial charge in [0.2, 0.25) is 23.6 Å². The van der Waals surface area contributed by atoms with Gasteiger partial charge in [0, 0.05) is 69.9 Å². The number of aliphatic hydroxyl groups is 1. The van der Waals surface area contributed by atoms with E-state index in [1.54, 1.807) is 29.7 Å². The molecule has 4 amide bonds. The summed E-state index contributed by atoms with van der Waals surface area (Å²) in [5, 5.41) is 26.7. The zero-order valence-corrected chi connectivity index (χ0v) is 48.6. The molecule has 8 rings (SSSR count). The largest absolute Gasteiger partial charge is 0.496 e. The Kier molecular flexibility index (Phi) is 22.8. The third-order valence-electron chi connectivity index (χ3n) is 14.2. The number of fused-ring (bicyclic) bond motifs is 1. The zero-order valence-electron chi connectivity index (χ0n) is 47.8. The second-order valence-corrected chi connectivity index (χ2v) is 22.1. The number of aliphatic hydroxyl groups excluding tert-OH is 1. The zero-order chi connectivity index (χ0) is 58.7. The number of likely N-dealkylation sites (tertiary alicyclic amines) is 1. The molecule has 83 heavy (non-hydrogen) atoms. The summed E-state index contributed by atoms with van der Waals surface area (Å²) in [5.74, 6) is -1.15. The number of piperazine rings is 1. The molecule has 0 saturated carbocycles. The fourth-order valence-electron chi connectivity index (χ4n) is 9.70. The maximum atomic E-state index is 14.8. The number of carbonyl (C=O) groups is 4. The first-order chi connectivity index (χ1) is 40.2. The Bertz CT molecular complexity index is 3060. The summed E-state index contributed by atoms with van der Waals surface area (Å²) in [5.41, 5.74) is 7.97. The van der Waals surface area contributed by atoms with Gasteiger partial charge in [-0.2, -0.15) is 5.10 Å². The highest BCUT2D eigenvalue weighted by Crippen LogP contribution is 2.34. The van der Waals surface area contributed by atoms with Gasteiger partial charge in [-0.3, -0.25) is 29.2 Å². The Morgan fingerprint density at radius 3 is 2.10 bits per heavy atom. The van der Waals surface area contributed by atoms with Crippen molar-refractivity contribution in [3.05, 3.63) is 95.5 Å². The van der Waals surface area contributed by atoms with Crippen LogP contribution in [-0.2, 0) is 49.4 Å². The van der Waals surface area contributed by atoms with Crippen LogP contribution in [0.2, 0.25) is 0 Å². The number of rotatable bonds is 30. The predicted octanol–water partition coefficient (Wildman–Crippen LogP) is 4.79. The normalized spacial score (nSPS) is 16.1. The van der Waals surface area contributed by atoms with Crippen molar-refractivity contribution >= 4 is 51.7 Å². The Hall–Kier alpha value is -7.03. The van der Waals surface area contributed by atoms with Gasteiger partial charge in [0.05, 0.1) is 114 Å². The van der Waals surface area contributed by atoms with Crippen molar-refractivity contribution in [3.63, 3.8) is 0 Å². The van der Waals surface area contributed by atoms with Crippen molar-refractivity contribution in [1.29, 1.82) is 0 Å². The van der Waals surface area contributed by atoms with Crippen LogP contribution in [0.25, 0.3) is 44.1 Å². The van der Waals surface area contributed by atoms with Crippen molar-refractivity contribution in [2.24, 2.45) is 5.41 Å². The average Bonchev–Trinajstić information content (AvgIpc) is 4.19. The molecule has 5 heterocycles. The van der Waals surface area contributed by atoms with Gasteiger partial charge in [0.1, 0.15) is 40.4 Å². The number of methoxy groups -OCH3 is 1. The number of aryl methyl sites for hydroxylation is 1. The highest BCUT2D eigenvalue weighted by atomic mass is 32.1. The van der Waals surface area contributed by atoms with E-state index in [0.29, 0.717) is 88.4 Å². The molecule has 0 radical (unpaired) electrons. The molecule has 22 nitrogen and oxygen atoms in total. The van der Waals surface area contributed by atoms with Crippen LogP contribution in [-0.4, -0.2) is 201 Å². The number of hydrogen-bond donors (Lipinski definition) is 5. The average molecular weight is 1170 g/mol. The number of aromatic amines is 1. The Morgan fingerprint density at radius 2 is 1.46 bits per heavy atom. The van der Waals surface area contributed by atoms with Crippen molar-refractivity contribution < 1.29 is 57.1 Å². The van der Waals surface area contributed by atoms with E-state index in [1.165, 1.54) is 18.1 Å². The first-order valence-electron chi connectivity index (χ1n) is 28.0. The minimum absolute atomic E-state index is 0.0114. The molecule has 0 unspecified atom stereocenters. The van der Waals surface area contributed by atoms with Crippen LogP contribution in [0.4, 0.5) is 10.1 Å². The second kappa shape index (κ2) is 30.5. The number of nitrogens with zero attached hydrogens (tertiary/aromatic N) is 7. The Morgan fingerprint density at radius 1 is 0.807 bits per heavy atom. The number of β-amino-alcohol motifs (C(OH)–C–C–N with tert-alkyl or cyclic N) is 1. The number of anilines is 1. The van der Waals surface area contributed by atoms with E-state index in [1.807, 2.05) is 81.7 Å². The SMILES string of the molecule is COc1cccc(F)c1-c1ncc2[nH]nc(-c3ccc(N4CCN(CC(=O)NCCOCCOCCOCCOCCOCCC(=O)N[C@H](C(=O)N5C[C@H](O)C[C@H]5C(=O)NCc5ccc(-c6scnc6C)cc5)C(C)(C)C)CC4)cc3)c2n1. The number of amides is 4. The van der Waals surface area contributed by atoms with Crippen LogP contribution in [0, 0.1) is 18.2 Å². The third kappa shape index (κ3) is 17.5. The van der Waals surface area contributed by atoms with E-state index < -0.39 is 35.3 Å². The lowest BCUT2D eigenvalue weighted by molar-refractivity contribution is -0.144. The molecular formula is C59H76FN11O11S. The number of ether oxygens (including phenoxy) is 6. The van der Waals surface area contributed by atoms with Crippen molar-refractivity contribution in [3.8, 4) is 38.8 Å². The molecule has 0 bridgehead atoms. The Balaban J connectivity index is 0.605. The van der Waals surface area contributed by atoms with Gasteiger partial charge in [0.25, 0.3) is 0 Å². The molecule has 3 aromatic carbocycles. The number of hydrogen-bond acceptors (Lipinski definition) is 18. The molecule has 3 atom stereocenters. The minimum Gasteiger partial charge on any atom is -0.496 e. The molecule has 2 aliphatic heterocycles. The topological polar surface area (TPSA) is 257 Å². The third-order valence-corrected chi connectivity index (χ3v) is 15.2. The summed E-state index contributed by atoms with van der Waals surface area (Å²) in [7, 11) is 1.48. The molecule has 3 aromatic heterocycles. The van der Waals surface area contributed by atoms with E-state index >= 15 is 0 Å². The summed E-state index contributed by atoms with van der Waals surface area (Å²) >= 11 is 1.57. The molecule has 2 fully saturated rings. The van der Waals surface area contributed by atoms with E-state index in [2.05, 4.69) is 50.9 Å². The summed E-state index contributed by atoms with van der Waals surface area (Å²) < 4.78 is 48.2. The van der Waals surface area contributed by atoms with Gasteiger partial charge in [0.15, 0.2) is 5.82 Å². The van der Waals surface area contributed by atoms with Gasteiger partial charge in [-0.1, -0.05) is 63.2 Å². The standard InChI is InChI=1S/C59H76FN11O11S/c1-39-54(83-38-64-39)42-11-9-40(10-12-42)34-63-57(75)47-33-44(72)36-71(47)58(76)55(59(2,3)4)65-49(73)17-23-78-25-27-80-29-31-82-32-30-81-28-26-79-24-18-61-50(74)37-69-19-21-70(22-20-69)43-15-13-41(14-16-43)52-53-46(67-68-52)35-62-56(66-53)51-45(60)7-6-8-48(51)77-5/h6-16,35,38,44,47,55,72H,17-34,36-37H2,1-5H3,(H,61,74)(H,63,75)(H,65,73)(H,67,68)/t44-,47+,55-/m1/s1. The van der Waals surface area contributed by atoms with Gasteiger partial charge >= 0.3 is 0 Å². The molecule has 6 aromatic rings. The fourth-order valence-corrected chi connectivity index (χ4v) is 10.5. The predicted molar refractivity (Wildman–Crippen MR) is 311 cm³/mol. The lowest BCUT2D eigenvalue weighted by atomic mass is 9.85. The van der Waals surface area contributed by atoms with Crippen LogP contribution in [0.1, 0.15) is 44.9 Å². The second-order valence-electron chi connectivity index (χ2n) is 21.3. The molecule has 5 N–H and O–H groups in total. The molecule has 446 valence electrons. The van der Waals surface area contributed by atoms with Gasteiger partial charge in [-0.05, 0) is 47.7 Å². The van der Waals surface area contributed by atoms with Crippen molar-refractivity contribution in [2.75, 3.05) is 124 Å². The first kappa shape index (κ1) is 62.0. The number of nitrogens with one attached hydrogen (secondary N) is 4. The van der Waals surface area contributed by atoms with Crippen LogP contribution in [0.5, 0.6) is 5.75 Å². The number of thiazole rings is 1. The molecule has 0 spiro atoms. The van der Waals surface area contributed by atoms with E-state index in [0.717, 1.165) is 59.1 Å². The number of halogens is 1. The van der Waals surface area contributed by atoms with Crippen molar-refractivity contribution in [1.82, 2.24) is 50.9 Å². The quantitative estimate of drug-likeness (QED) is 0.0380. The number of carbonyl (C=O) groups excluding carboxylic acids is 4. The maximum absolute atomic E-state index is 14.8. The highest BCUT2D eigenvalue weighted by Gasteiger charge is 2.44.